The molecule has 2 aromatic rings. The minimum absolute atomic E-state index is 0.146. The Kier molecular flexibility index (Phi) is 5.25. The van der Waals surface area contributed by atoms with Crippen molar-refractivity contribution >= 4 is 11.5 Å². The average molecular weight is 293 g/mol. The van der Waals surface area contributed by atoms with E-state index in [0.717, 1.165) is 25.2 Å². The Morgan fingerprint density at radius 1 is 1.35 bits per heavy atom. The summed E-state index contributed by atoms with van der Waals surface area (Å²) in [6.45, 7) is 10.4. The molecule has 2 aromatic heterocycles. The summed E-state index contributed by atoms with van der Waals surface area (Å²) < 4.78 is 6.11. The maximum Gasteiger partial charge on any atom is 0.0832 e. The zero-order valence-corrected chi connectivity index (χ0v) is 13.4. The molecular formula is C14H23N5S. The summed E-state index contributed by atoms with van der Waals surface area (Å²) in [5.41, 5.74) is 2.28. The van der Waals surface area contributed by atoms with E-state index in [-0.39, 0.29) is 6.04 Å². The Bertz CT molecular complexity index is 531. The van der Waals surface area contributed by atoms with Gasteiger partial charge in [0.1, 0.15) is 0 Å². The lowest BCUT2D eigenvalue weighted by atomic mass is 10.0. The molecule has 1 N–H and O–H groups in total. The van der Waals surface area contributed by atoms with Crippen molar-refractivity contribution in [2.75, 3.05) is 6.54 Å². The highest BCUT2D eigenvalue weighted by Gasteiger charge is 2.23. The molecule has 2 rings (SSSR count). The maximum absolute atomic E-state index is 4.39. The number of aryl methyl sites for hydroxylation is 1. The molecule has 0 radical (unpaired) electrons. The molecule has 1 atom stereocenters. The van der Waals surface area contributed by atoms with Crippen LogP contribution in [0.4, 0.5) is 0 Å². The van der Waals surface area contributed by atoms with Gasteiger partial charge in [-0.15, -0.1) is 5.10 Å². The average Bonchev–Trinajstić information content (AvgIpc) is 3.08. The van der Waals surface area contributed by atoms with Gasteiger partial charge >= 0.3 is 0 Å². The summed E-state index contributed by atoms with van der Waals surface area (Å²) in [4.78, 5) is 1.21. The van der Waals surface area contributed by atoms with Crippen LogP contribution in [0.5, 0.6) is 0 Å². The Morgan fingerprint density at radius 3 is 2.75 bits per heavy atom. The van der Waals surface area contributed by atoms with Gasteiger partial charge < -0.3 is 5.32 Å². The monoisotopic (exact) mass is 293 g/mol. The van der Waals surface area contributed by atoms with Crippen LogP contribution in [-0.4, -0.2) is 25.9 Å². The van der Waals surface area contributed by atoms with Crippen LogP contribution < -0.4 is 5.32 Å². The highest BCUT2D eigenvalue weighted by Crippen LogP contribution is 2.30. The first-order valence-electron chi connectivity index (χ1n) is 7.25. The van der Waals surface area contributed by atoms with Gasteiger partial charge in [0.2, 0.25) is 0 Å². The number of nitrogens with one attached hydrogen (secondary N) is 1. The largest absolute Gasteiger partial charge is 0.305 e. The molecule has 0 amide bonds. The molecule has 0 bridgehead atoms. The normalized spacial score (nSPS) is 13.1. The van der Waals surface area contributed by atoms with E-state index >= 15 is 0 Å². The highest BCUT2D eigenvalue weighted by molar-refractivity contribution is 7.05. The molecule has 0 aliphatic rings. The summed E-state index contributed by atoms with van der Waals surface area (Å²) in [6.07, 6.45) is 5.15. The van der Waals surface area contributed by atoms with Crippen LogP contribution in [0.2, 0.25) is 0 Å². The zero-order chi connectivity index (χ0) is 14.5. The van der Waals surface area contributed by atoms with E-state index in [1.54, 1.807) is 0 Å². The Hall–Kier alpha value is -1.27. The first-order valence-corrected chi connectivity index (χ1v) is 8.02. The summed E-state index contributed by atoms with van der Waals surface area (Å²) in [5, 5.41) is 12.3. The van der Waals surface area contributed by atoms with Gasteiger partial charge in [0.25, 0.3) is 0 Å². The Balaban J connectivity index is 2.33. The molecule has 0 fully saturated rings. The minimum atomic E-state index is 0.146. The zero-order valence-electron chi connectivity index (χ0n) is 12.6. The van der Waals surface area contributed by atoms with Crippen LogP contribution in [0.25, 0.3) is 0 Å². The van der Waals surface area contributed by atoms with Gasteiger partial charge in [0.15, 0.2) is 0 Å². The fourth-order valence-electron chi connectivity index (χ4n) is 2.16. The number of nitrogens with zero attached hydrogens (tertiary/aromatic N) is 4. The van der Waals surface area contributed by atoms with Gasteiger partial charge in [0, 0.05) is 18.3 Å². The molecular weight excluding hydrogens is 270 g/mol. The molecule has 0 saturated carbocycles. The minimum Gasteiger partial charge on any atom is -0.305 e. The van der Waals surface area contributed by atoms with Crippen molar-refractivity contribution in [2.24, 2.45) is 0 Å². The lowest BCUT2D eigenvalue weighted by Crippen LogP contribution is -2.23. The number of hydrogen-bond donors (Lipinski definition) is 1. The Labute approximate surface area is 124 Å². The summed E-state index contributed by atoms with van der Waals surface area (Å²) in [5.74, 6) is 0.385. The van der Waals surface area contributed by atoms with E-state index in [9.17, 15) is 0 Å². The van der Waals surface area contributed by atoms with Crippen molar-refractivity contribution in [1.29, 1.82) is 0 Å². The second kappa shape index (κ2) is 6.95. The molecule has 0 spiro atoms. The molecule has 5 nitrogen and oxygen atoms in total. The SMILES string of the molecule is CCCNC(c1cnn(CC)c1)c1snnc1C(C)C. The van der Waals surface area contributed by atoms with Crippen molar-refractivity contribution in [2.45, 2.75) is 52.6 Å². The molecule has 110 valence electrons. The van der Waals surface area contributed by atoms with Gasteiger partial charge in [-0.2, -0.15) is 5.10 Å². The number of aromatic nitrogens is 4. The van der Waals surface area contributed by atoms with E-state index in [2.05, 4.69) is 53.9 Å². The second-order valence-corrected chi connectivity index (χ2v) is 5.98. The van der Waals surface area contributed by atoms with Gasteiger partial charge in [0.05, 0.1) is 22.8 Å². The Morgan fingerprint density at radius 2 is 2.15 bits per heavy atom. The third-order valence-electron chi connectivity index (χ3n) is 3.26. The van der Waals surface area contributed by atoms with Crippen LogP contribution in [0, 0.1) is 0 Å². The van der Waals surface area contributed by atoms with E-state index in [4.69, 9.17) is 0 Å². The molecule has 0 aromatic carbocycles. The van der Waals surface area contributed by atoms with E-state index in [1.165, 1.54) is 22.0 Å². The van der Waals surface area contributed by atoms with Crippen LogP contribution in [0.15, 0.2) is 12.4 Å². The fraction of sp³-hybridized carbons (Fsp3) is 0.643. The molecule has 2 heterocycles. The molecule has 20 heavy (non-hydrogen) atoms. The smallest absolute Gasteiger partial charge is 0.0832 e. The van der Waals surface area contributed by atoms with Crippen molar-refractivity contribution in [3.63, 3.8) is 0 Å². The standard InChI is InChI=1S/C14H23N5S/c1-5-7-15-13(11-8-16-19(6-2)9-11)14-12(10(3)4)17-18-20-14/h8-10,13,15H,5-7H2,1-4H3. The van der Waals surface area contributed by atoms with Crippen molar-refractivity contribution in [1.82, 2.24) is 24.7 Å². The van der Waals surface area contributed by atoms with Gasteiger partial charge in [-0.05, 0) is 37.3 Å². The molecule has 1 unspecified atom stereocenters. The first kappa shape index (κ1) is 15.1. The van der Waals surface area contributed by atoms with Crippen LogP contribution in [0.3, 0.4) is 0 Å². The maximum atomic E-state index is 4.39. The van der Waals surface area contributed by atoms with E-state index in [1.807, 2.05) is 10.9 Å². The summed E-state index contributed by atoms with van der Waals surface area (Å²) in [6, 6.07) is 0.146. The van der Waals surface area contributed by atoms with E-state index in [0.29, 0.717) is 5.92 Å². The second-order valence-electron chi connectivity index (χ2n) is 5.19. The molecule has 0 aliphatic heterocycles. The van der Waals surface area contributed by atoms with Gasteiger partial charge in [-0.1, -0.05) is 25.3 Å². The fourth-order valence-corrected chi connectivity index (χ4v) is 3.07. The molecule has 0 saturated heterocycles. The topological polar surface area (TPSA) is 55.6 Å². The van der Waals surface area contributed by atoms with Crippen LogP contribution >= 0.6 is 11.5 Å². The number of rotatable bonds is 7. The predicted octanol–water partition coefficient (Wildman–Crippen LogP) is 2.97. The lowest BCUT2D eigenvalue weighted by molar-refractivity contribution is 0.594. The van der Waals surface area contributed by atoms with Crippen molar-refractivity contribution in [3.05, 3.63) is 28.5 Å². The summed E-state index contributed by atoms with van der Waals surface area (Å²) >= 11 is 1.49. The number of hydrogen-bond acceptors (Lipinski definition) is 5. The summed E-state index contributed by atoms with van der Waals surface area (Å²) in [7, 11) is 0. The van der Waals surface area contributed by atoms with Crippen molar-refractivity contribution < 1.29 is 0 Å². The molecule has 0 aliphatic carbocycles. The van der Waals surface area contributed by atoms with E-state index < -0.39 is 0 Å². The van der Waals surface area contributed by atoms with Crippen molar-refractivity contribution in [3.8, 4) is 0 Å². The quantitative estimate of drug-likeness (QED) is 0.852. The third-order valence-corrected chi connectivity index (χ3v) is 4.06. The predicted molar refractivity (Wildman–Crippen MR) is 82.0 cm³/mol. The molecule has 6 heteroatoms. The van der Waals surface area contributed by atoms with Gasteiger partial charge in [-0.3, -0.25) is 4.68 Å². The van der Waals surface area contributed by atoms with Gasteiger partial charge in [-0.25, -0.2) is 0 Å². The third kappa shape index (κ3) is 3.24. The van der Waals surface area contributed by atoms with Crippen LogP contribution in [-0.2, 0) is 6.54 Å². The highest BCUT2D eigenvalue weighted by atomic mass is 32.1. The van der Waals surface area contributed by atoms with Crippen LogP contribution in [0.1, 0.15) is 62.2 Å². The first-order chi connectivity index (χ1) is 9.67. The lowest BCUT2D eigenvalue weighted by Gasteiger charge is -2.17.